The van der Waals surface area contributed by atoms with E-state index in [1.165, 1.54) is 37.3 Å². The summed E-state index contributed by atoms with van der Waals surface area (Å²) in [7, 11) is 0. The van der Waals surface area contributed by atoms with Crippen molar-refractivity contribution in [3.63, 3.8) is 0 Å². The van der Waals surface area contributed by atoms with Gasteiger partial charge in [0.25, 0.3) is 0 Å². The Kier molecular flexibility index (Phi) is 22.7. The molecule has 2 aliphatic rings. The SMILES string of the molecule is CC(C)C.C[Se]N1CCN(Cc2c[c-]ccc2)CC1.[Y].[Y].[c-]1ccccc1CN1CCNCC1. The molecule has 0 saturated carbocycles. The van der Waals surface area contributed by atoms with Gasteiger partial charge >= 0.3 is 98.4 Å². The molecule has 0 unspecified atom stereocenters. The number of piperazine rings is 2. The first-order chi connectivity index (χ1) is 15.6. The molecule has 7 heteroatoms. The minimum absolute atomic E-state index is 0. The van der Waals surface area contributed by atoms with Crippen LogP contribution in [-0.2, 0) is 78.5 Å². The molecular formula is C27H42N4SeY2-2. The molecular weight excluding hydrogens is 637 g/mol. The minimum Gasteiger partial charge on any atom is -0.314 e. The van der Waals surface area contributed by atoms with Crippen LogP contribution in [-0.4, -0.2) is 81.2 Å². The van der Waals surface area contributed by atoms with Gasteiger partial charge in [-0.1, -0.05) is 20.8 Å². The van der Waals surface area contributed by atoms with Crippen molar-refractivity contribution in [3.8, 4) is 0 Å². The third-order valence-corrected chi connectivity index (χ3v) is 6.99. The average molecular weight is 679 g/mol. The van der Waals surface area contributed by atoms with Gasteiger partial charge in [-0.25, -0.2) is 0 Å². The molecule has 0 aromatic heterocycles. The second-order valence-electron chi connectivity index (χ2n) is 8.95. The Morgan fingerprint density at radius 2 is 1.50 bits per heavy atom. The largest absolute Gasteiger partial charge is 0.314 e. The summed E-state index contributed by atoms with van der Waals surface area (Å²) in [5, 5.41) is 3.35. The van der Waals surface area contributed by atoms with Gasteiger partial charge in [-0.15, -0.1) is 5.56 Å². The fourth-order valence-electron chi connectivity index (χ4n) is 3.50. The summed E-state index contributed by atoms with van der Waals surface area (Å²) in [4.78, 5) is 4.99. The van der Waals surface area contributed by atoms with Gasteiger partial charge in [0, 0.05) is 98.1 Å². The molecule has 0 amide bonds. The van der Waals surface area contributed by atoms with Crippen molar-refractivity contribution in [2.24, 2.45) is 5.92 Å². The molecule has 2 radical (unpaired) electrons. The molecule has 1 N–H and O–H groups in total. The topological polar surface area (TPSA) is 21.8 Å². The minimum atomic E-state index is 0. The molecule has 0 spiro atoms. The summed E-state index contributed by atoms with van der Waals surface area (Å²) >= 11 is 0.687. The Morgan fingerprint density at radius 1 is 0.853 bits per heavy atom. The monoisotopic (exact) mass is 680 g/mol. The molecule has 0 atom stereocenters. The quantitative estimate of drug-likeness (QED) is 0.384. The van der Waals surface area contributed by atoms with E-state index in [2.05, 4.69) is 88.1 Å². The second-order valence-corrected chi connectivity index (χ2v) is 10.8. The van der Waals surface area contributed by atoms with E-state index in [1.807, 2.05) is 18.2 Å². The Balaban J connectivity index is 0.000000531. The first-order valence-corrected chi connectivity index (χ1v) is 14.4. The van der Waals surface area contributed by atoms with E-state index in [-0.39, 0.29) is 65.4 Å². The summed E-state index contributed by atoms with van der Waals surface area (Å²) in [5.41, 5.74) is 2.68. The summed E-state index contributed by atoms with van der Waals surface area (Å²) in [6.45, 7) is 18.1. The second kappa shape index (κ2) is 22.0. The van der Waals surface area contributed by atoms with Gasteiger partial charge in [-0.05, 0) is 5.92 Å². The number of nitrogens with zero attached hydrogens (tertiary/aromatic N) is 3. The molecule has 184 valence electrons. The van der Waals surface area contributed by atoms with Gasteiger partial charge < -0.3 is 5.32 Å². The molecule has 0 bridgehead atoms. The van der Waals surface area contributed by atoms with E-state index >= 15 is 0 Å². The van der Waals surface area contributed by atoms with E-state index < -0.39 is 0 Å². The van der Waals surface area contributed by atoms with Gasteiger partial charge in [-0.2, -0.15) is 30.3 Å². The number of hydrogen-bond donors (Lipinski definition) is 1. The van der Waals surface area contributed by atoms with Crippen LogP contribution in [0.25, 0.3) is 0 Å². The maximum Gasteiger partial charge on any atom is 0.0110 e. The van der Waals surface area contributed by atoms with Crippen LogP contribution in [0.4, 0.5) is 0 Å². The molecule has 34 heavy (non-hydrogen) atoms. The van der Waals surface area contributed by atoms with E-state index in [9.17, 15) is 0 Å². The molecule has 2 aromatic rings. The van der Waals surface area contributed by atoms with Crippen molar-refractivity contribution in [3.05, 3.63) is 71.8 Å². The zero-order valence-corrected chi connectivity index (χ0v) is 29.1. The summed E-state index contributed by atoms with van der Waals surface area (Å²) in [6.07, 6.45) is 0. The molecule has 2 fully saturated rings. The first-order valence-electron chi connectivity index (χ1n) is 11.9. The van der Waals surface area contributed by atoms with Gasteiger partial charge in [0.1, 0.15) is 0 Å². The number of hydrogen-bond acceptors (Lipinski definition) is 4. The standard InChI is InChI=1S/C12H17N2Se.C11H15N2.C4H10.2Y/c1-15-14-9-7-13(8-10-14)11-12-5-3-2-4-6-12;1-2-4-11(5-3-1)10-13-8-6-12-7-9-13;1-4(2)3;;/h2-3,5-6H,7-11H2,1H3;1-4,12H,6-10H2;4H,1-3H3;;/q2*-1;;;. The van der Waals surface area contributed by atoms with Crippen LogP contribution in [0.15, 0.2) is 48.5 Å². The van der Waals surface area contributed by atoms with Gasteiger partial charge in [0.2, 0.25) is 0 Å². The number of nitrogens with one attached hydrogen (secondary N) is 1. The fraction of sp³-hybridized carbons (Fsp3) is 0.556. The zero-order valence-electron chi connectivity index (χ0n) is 21.7. The third-order valence-electron chi connectivity index (χ3n) is 5.14. The number of benzene rings is 2. The Morgan fingerprint density at radius 3 is 2.03 bits per heavy atom. The fourth-order valence-corrected chi connectivity index (χ4v) is 4.61. The Bertz CT molecular complexity index is 690. The van der Waals surface area contributed by atoms with Crippen LogP contribution in [0.3, 0.4) is 0 Å². The van der Waals surface area contributed by atoms with E-state index in [4.69, 9.17) is 0 Å². The Labute approximate surface area is 266 Å². The van der Waals surface area contributed by atoms with Crippen LogP contribution in [0.5, 0.6) is 0 Å². The molecule has 4 rings (SSSR count). The summed E-state index contributed by atoms with van der Waals surface area (Å²) in [6, 6.07) is 22.9. The summed E-state index contributed by atoms with van der Waals surface area (Å²) < 4.78 is 2.57. The smallest absolute Gasteiger partial charge is 0.0110 e. The maximum absolute atomic E-state index is 3.35. The van der Waals surface area contributed by atoms with E-state index in [0.29, 0.717) is 15.2 Å². The molecule has 4 nitrogen and oxygen atoms in total. The van der Waals surface area contributed by atoms with Crippen LogP contribution in [0.1, 0.15) is 31.9 Å². The molecule has 2 heterocycles. The molecule has 2 aliphatic heterocycles. The van der Waals surface area contributed by atoms with Crippen LogP contribution in [0, 0.1) is 18.1 Å². The van der Waals surface area contributed by atoms with Crippen molar-refractivity contribution in [2.45, 2.75) is 39.7 Å². The average Bonchev–Trinajstić information content (AvgIpc) is 2.82. The van der Waals surface area contributed by atoms with Crippen LogP contribution >= 0.6 is 0 Å². The van der Waals surface area contributed by atoms with Crippen molar-refractivity contribution >= 4 is 15.2 Å². The van der Waals surface area contributed by atoms with Crippen molar-refractivity contribution in [2.75, 3.05) is 52.4 Å². The predicted octanol–water partition coefficient (Wildman–Crippen LogP) is 3.82. The van der Waals surface area contributed by atoms with Crippen LogP contribution in [0.2, 0.25) is 5.82 Å². The van der Waals surface area contributed by atoms with Crippen LogP contribution < -0.4 is 5.32 Å². The molecule has 2 saturated heterocycles. The Hall–Kier alpha value is 1.01. The van der Waals surface area contributed by atoms with Gasteiger partial charge in [-0.3, -0.25) is 4.90 Å². The van der Waals surface area contributed by atoms with Gasteiger partial charge in [0.15, 0.2) is 0 Å². The van der Waals surface area contributed by atoms with Crippen molar-refractivity contribution in [1.29, 1.82) is 0 Å². The van der Waals surface area contributed by atoms with Gasteiger partial charge in [0.05, 0.1) is 0 Å². The third kappa shape index (κ3) is 16.7. The maximum atomic E-state index is 3.35. The molecule has 0 aliphatic carbocycles. The molecule has 2 aromatic carbocycles. The van der Waals surface area contributed by atoms with E-state index in [1.54, 1.807) is 0 Å². The summed E-state index contributed by atoms with van der Waals surface area (Å²) in [5.74, 6) is 3.13. The predicted molar refractivity (Wildman–Crippen MR) is 138 cm³/mol. The zero-order chi connectivity index (χ0) is 23.0. The van der Waals surface area contributed by atoms with Crippen molar-refractivity contribution in [1.82, 2.24) is 19.0 Å². The van der Waals surface area contributed by atoms with Crippen molar-refractivity contribution < 1.29 is 65.4 Å². The normalized spacial score (nSPS) is 16.7. The first kappa shape index (κ1) is 35.0. The van der Waals surface area contributed by atoms with E-state index in [0.717, 1.165) is 45.2 Å². The number of rotatable bonds is 5.